The molecule has 3 aliphatic carbocycles. The van der Waals surface area contributed by atoms with Crippen molar-refractivity contribution in [3.05, 3.63) is 35.9 Å². The number of hydrogen-bond acceptors (Lipinski definition) is 5. The van der Waals surface area contributed by atoms with E-state index in [2.05, 4.69) is 25.2 Å². The third-order valence-electron chi connectivity index (χ3n) is 9.93. The molecule has 184 valence electrons. The van der Waals surface area contributed by atoms with Crippen molar-refractivity contribution >= 4 is 11.9 Å². The van der Waals surface area contributed by atoms with Crippen molar-refractivity contribution in [2.45, 2.75) is 58.4 Å². The summed E-state index contributed by atoms with van der Waals surface area (Å²) in [6.07, 6.45) is 10.8. The number of benzene rings is 1. The number of rotatable bonds is 5. The molecule has 0 aromatic heterocycles. The minimum atomic E-state index is -0.337. The summed E-state index contributed by atoms with van der Waals surface area (Å²) >= 11 is 0. The van der Waals surface area contributed by atoms with Gasteiger partial charge in [-0.1, -0.05) is 19.9 Å². The van der Waals surface area contributed by atoms with E-state index < -0.39 is 0 Å². The zero-order valence-corrected chi connectivity index (χ0v) is 20.8. The molecule has 1 aliphatic heterocycles. The lowest BCUT2D eigenvalue weighted by Crippen LogP contribution is -2.59. The fourth-order valence-corrected chi connectivity index (χ4v) is 7.94. The number of nitrogens with one attached hydrogen (secondary N) is 1. The molecule has 4 aliphatic rings. The van der Waals surface area contributed by atoms with Crippen LogP contribution in [0.25, 0.3) is 0 Å². The lowest BCUT2D eigenvalue weighted by atomic mass is 9.48. The molecule has 3 fully saturated rings. The van der Waals surface area contributed by atoms with Gasteiger partial charge in [0.25, 0.3) is 0 Å². The lowest BCUT2D eigenvalue weighted by molar-refractivity contribution is -0.122. The van der Waals surface area contributed by atoms with Crippen LogP contribution in [0.5, 0.6) is 11.5 Å². The average Bonchev–Trinajstić information content (AvgIpc) is 3.18. The van der Waals surface area contributed by atoms with Gasteiger partial charge < -0.3 is 19.5 Å². The number of ether oxygens (including phenoxy) is 3. The van der Waals surface area contributed by atoms with Crippen LogP contribution in [-0.4, -0.2) is 38.7 Å². The maximum atomic E-state index is 12.9. The predicted octanol–water partition coefficient (Wildman–Crippen LogP) is 4.77. The molecule has 0 spiro atoms. The topological polar surface area (TPSA) is 73.9 Å². The number of esters is 1. The maximum absolute atomic E-state index is 12.9. The second-order valence-corrected chi connectivity index (χ2v) is 11.2. The summed E-state index contributed by atoms with van der Waals surface area (Å²) in [7, 11) is 3.14. The van der Waals surface area contributed by atoms with Gasteiger partial charge in [-0.15, -0.1) is 0 Å². The van der Waals surface area contributed by atoms with Gasteiger partial charge in [0.1, 0.15) is 17.1 Å². The van der Waals surface area contributed by atoms with Crippen molar-refractivity contribution < 1.29 is 23.8 Å². The van der Waals surface area contributed by atoms with Crippen LogP contribution >= 0.6 is 0 Å². The zero-order valence-electron chi connectivity index (χ0n) is 20.8. The highest BCUT2D eigenvalue weighted by Crippen LogP contribution is 2.65. The molecule has 1 N–H and O–H groups in total. The lowest BCUT2D eigenvalue weighted by Gasteiger charge is -2.58. The van der Waals surface area contributed by atoms with Gasteiger partial charge in [0.15, 0.2) is 0 Å². The largest absolute Gasteiger partial charge is 0.497 e. The zero-order chi connectivity index (χ0) is 24.1. The third kappa shape index (κ3) is 3.61. The van der Waals surface area contributed by atoms with Crippen LogP contribution in [0.15, 0.2) is 30.4 Å². The van der Waals surface area contributed by atoms with Crippen LogP contribution in [0, 0.1) is 34.5 Å². The number of carbonyl (C=O) groups is 2. The second-order valence-electron chi connectivity index (χ2n) is 11.2. The van der Waals surface area contributed by atoms with E-state index in [0.29, 0.717) is 47.3 Å². The Bertz CT molecular complexity index is 1000. The molecule has 1 aromatic carbocycles. The highest BCUT2D eigenvalue weighted by Gasteiger charge is 2.59. The van der Waals surface area contributed by atoms with Crippen molar-refractivity contribution in [1.82, 2.24) is 5.32 Å². The molecular formula is C28H37NO5. The molecule has 7 atom stereocenters. The van der Waals surface area contributed by atoms with E-state index >= 15 is 0 Å². The van der Waals surface area contributed by atoms with Gasteiger partial charge in [-0.3, -0.25) is 4.79 Å². The molecule has 0 radical (unpaired) electrons. The molecule has 6 nitrogen and oxygen atoms in total. The first-order valence-electron chi connectivity index (χ1n) is 12.7. The summed E-state index contributed by atoms with van der Waals surface area (Å²) in [5, 5.41) is 3.23. The summed E-state index contributed by atoms with van der Waals surface area (Å²) < 4.78 is 16.5. The third-order valence-corrected chi connectivity index (χ3v) is 9.93. The molecule has 0 saturated heterocycles. The number of fused-ring (bicyclic) bond motifs is 5. The van der Waals surface area contributed by atoms with Gasteiger partial charge in [-0.25, -0.2) is 4.79 Å². The van der Waals surface area contributed by atoms with Crippen LogP contribution in [0.2, 0.25) is 0 Å². The van der Waals surface area contributed by atoms with Gasteiger partial charge in [0, 0.05) is 17.5 Å². The molecule has 4 unspecified atom stereocenters. The number of amides is 1. The van der Waals surface area contributed by atoms with Gasteiger partial charge in [-0.05, 0) is 85.8 Å². The molecule has 1 aromatic rings. The highest BCUT2D eigenvalue weighted by molar-refractivity contribution is 5.92. The Morgan fingerprint density at radius 2 is 1.88 bits per heavy atom. The summed E-state index contributed by atoms with van der Waals surface area (Å²) in [6, 6.07) is 5.43. The fraction of sp³-hybridized carbons (Fsp3) is 0.643. The Morgan fingerprint density at radius 3 is 2.65 bits per heavy atom. The van der Waals surface area contributed by atoms with Crippen LogP contribution in [0.1, 0.15) is 62.7 Å². The predicted molar refractivity (Wildman–Crippen MR) is 129 cm³/mol. The van der Waals surface area contributed by atoms with Crippen molar-refractivity contribution in [2.75, 3.05) is 20.8 Å². The van der Waals surface area contributed by atoms with E-state index in [0.717, 1.165) is 19.3 Å². The Kier molecular flexibility index (Phi) is 5.89. The Hall–Kier alpha value is -2.50. The van der Waals surface area contributed by atoms with E-state index in [4.69, 9.17) is 14.2 Å². The summed E-state index contributed by atoms with van der Waals surface area (Å²) in [4.78, 5) is 24.9. The van der Waals surface area contributed by atoms with Gasteiger partial charge >= 0.3 is 5.97 Å². The van der Waals surface area contributed by atoms with Crippen molar-refractivity contribution in [1.29, 1.82) is 0 Å². The van der Waals surface area contributed by atoms with Gasteiger partial charge in [0.05, 0.1) is 20.8 Å². The molecule has 1 amide bonds. The molecule has 1 heterocycles. The van der Waals surface area contributed by atoms with Crippen molar-refractivity contribution in [3.8, 4) is 11.5 Å². The number of carbonyl (C=O) groups excluding carboxylic acids is 2. The Morgan fingerprint density at radius 1 is 1.06 bits per heavy atom. The first kappa shape index (κ1) is 23.3. The minimum absolute atomic E-state index is 0.0492. The fourth-order valence-electron chi connectivity index (χ4n) is 7.94. The van der Waals surface area contributed by atoms with Gasteiger partial charge in [0.2, 0.25) is 5.91 Å². The van der Waals surface area contributed by atoms with Crippen molar-refractivity contribution in [3.63, 3.8) is 0 Å². The Labute approximate surface area is 202 Å². The molecule has 34 heavy (non-hydrogen) atoms. The second kappa shape index (κ2) is 8.62. The highest BCUT2D eigenvalue weighted by atomic mass is 16.5. The molecule has 5 rings (SSSR count). The quantitative estimate of drug-likeness (QED) is 0.631. The normalized spacial score (nSPS) is 38.2. The van der Waals surface area contributed by atoms with E-state index in [1.165, 1.54) is 19.3 Å². The summed E-state index contributed by atoms with van der Waals surface area (Å²) in [5.41, 5.74) is 0.674. The van der Waals surface area contributed by atoms with E-state index in [9.17, 15) is 9.59 Å². The van der Waals surface area contributed by atoms with Crippen molar-refractivity contribution in [2.24, 2.45) is 34.5 Å². The van der Waals surface area contributed by atoms with Crippen LogP contribution < -0.4 is 14.8 Å². The molecule has 3 saturated carbocycles. The first-order valence-corrected chi connectivity index (χ1v) is 12.7. The average molecular weight is 468 g/mol. The van der Waals surface area contributed by atoms with Gasteiger partial charge in [-0.2, -0.15) is 0 Å². The maximum Gasteiger partial charge on any atom is 0.341 e. The standard InChI is InChI=1S/C28H37NO5/c1-27-13-11-22-19(8-10-24-28(22,2)14-12-25(30)29-24)21(27)9-5-17(27)16-34-26(31)20-7-6-18(32-3)15-23(20)33-4/h6-7,12,14-15,17,19,21-22,24H,5,8-11,13,16H2,1-4H3,(H,29,30)/t17-,19?,21?,22?,24?,27-,28-/m1/s1. The Balaban J connectivity index is 1.28. The monoisotopic (exact) mass is 467 g/mol. The molecular weight excluding hydrogens is 430 g/mol. The summed E-state index contributed by atoms with van der Waals surface area (Å²) in [5.74, 6) is 3.13. The van der Waals surface area contributed by atoms with E-state index in [-0.39, 0.29) is 28.7 Å². The SMILES string of the molecule is COc1ccc(C(=O)OC[C@H]2CCC3C4CCC5NC(=O)C=C[C@]5(C)C4CC[C@@]32C)c(OC)c1. The minimum Gasteiger partial charge on any atom is -0.497 e. The number of methoxy groups -OCH3 is 2. The molecule has 0 bridgehead atoms. The van der Waals surface area contributed by atoms with E-state index in [1.54, 1.807) is 38.5 Å². The molecule has 6 heteroatoms. The van der Waals surface area contributed by atoms with E-state index in [1.807, 2.05) is 0 Å². The summed E-state index contributed by atoms with van der Waals surface area (Å²) in [6.45, 7) is 5.23. The van der Waals surface area contributed by atoms with Crippen LogP contribution in [0.4, 0.5) is 0 Å². The van der Waals surface area contributed by atoms with Crippen LogP contribution in [0.3, 0.4) is 0 Å². The van der Waals surface area contributed by atoms with Crippen LogP contribution in [-0.2, 0) is 9.53 Å². The number of hydrogen-bond donors (Lipinski definition) is 1. The first-order chi connectivity index (χ1) is 16.3. The smallest absolute Gasteiger partial charge is 0.341 e.